The zero-order chi connectivity index (χ0) is 13.5. The van der Waals surface area contributed by atoms with Gasteiger partial charge in [0.2, 0.25) is 0 Å². The van der Waals surface area contributed by atoms with Gasteiger partial charge in [-0.2, -0.15) is 11.8 Å². The lowest BCUT2D eigenvalue weighted by Crippen LogP contribution is -2.25. The van der Waals surface area contributed by atoms with Crippen molar-refractivity contribution in [2.45, 2.75) is 26.4 Å². The average Bonchev–Trinajstić information content (AvgIpc) is 2.68. The summed E-state index contributed by atoms with van der Waals surface area (Å²) in [6, 6.07) is 6.77. The lowest BCUT2D eigenvalue weighted by molar-refractivity contribution is 0.287. The number of halogens is 1. The van der Waals surface area contributed by atoms with E-state index in [-0.39, 0.29) is 0 Å². The first-order valence-corrected chi connectivity index (χ1v) is 9.02. The van der Waals surface area contributed by atoms with Gasteiger partial charge in [0.1, 0.15) is 0 Å². The van der Waals surface area contributed by atoms with Crippen LogP contribution in [-0.2, 0) is 13.1 Å². The Bertz CT molecular complexity index is 390. The fraction of sp³-hybridized carbons (Fsp3) is 0.600. The Balaban J connectivity index is 1.95. The normalized spacial score (nSPS) is 17.4. The first-order chi connectivity index (χ1) is 9.29. The Hall–Kier alpha value is -0.0300. The van der Waals surface area contributed by atoms with Gasteiger partial charge in [0.05, 0.1) is 0 Å². The van der Waals surface area contributed by atoms with Crippen molar-refractivity contribution in [3.63, 3.8) is 0 Å². The second-order valence-corrected chi connectivity index (χ2v) is 7.03. The lowest BCUT2D eigenvalue weighted by Gasteiger charge is -2.20. The molecule has 0 atom stereocenters. The number of nitrogens with zero attached hydrogens (tertiary/aromatic N) is 1. The van der Waals surface area contributed by atoms with E-state index in [9.17, 15) is 0 Å². The summed E-state index contributed by atoms with van der Waals surface area (Å²) in [4.78, 5) is 2.57. The minimum absolute atomic E-state index is 0.954. The number of nitrogens with one attached hydrogen (secondary N) is 1. The summed E-state index contributed by atoms with van der Waals surface area (Å²) in [7, 11) is 0. The third-order valence-corrected chi connectivity index (χ3v) is 5.19. The van der Waals surface area contributed by atoms with Crippen molar-refractivity contribution < 1.29 is 0 Å². The minimum Gasteiger partial charge on any atom is -0.313 e. The highest BCUT2D eigenvalue weighted by Crippen LogP contribution is 2.21. The number of rotatable bonds is 5. The molecule has 1 saturated heterocycles. The zero-order valence-electron chi connectivity index (χ0n) is 11.6. The molecule has 0 radical (unpaired) electrons. The highest BCUT2D eigenvalue weighted by Gasteiger charge is 2.11. The maximum atomic E-state index is 3.73. The van der Waals surface area contributed by atoms with Gasteiger partial charge in [-0.1, -0.05) is 35.0 Å². The Morgan fingerprint density at radius 1 is 1.32 bits per heavy atom. The molecule has 0 aliphatic carbocycles. The quantitative estimate of drug-likeness (QED) is 0.881. The molecular formula is C15H23BrN2S. The third-order valence-electron chi connectivity index (χ3n) is 3.41. The fourth-order valence-corrected chi connectivity index (χ4v) is 3.77. The largest absolute Gasteiger partial charge is 0.313 e. The molecule has 0 saturated carbocycles. The predicted molar refractivity (Wildman–Crippen MR) is 88.7 cm³/mol. The van der Waals surface area contributed by atoms with E-state index >= 15 is 0 Å². The molecule has 0 spiro atoms. The van der Waals surface area contributed by atoms with Crippen LogP contribution in [0.2, 0.25) is 0 Å². The van der Waals surface area contributed by atoms with Crippen LogP contribution >= 0.6 is 27.7 Å². The Kier molecular flexibility index (Phi) is 6.71. The van der Waals surface area contributed by atoms with Crippen LogP contribution in [0.25, 0.3) is 0 Å². The minimum atomic E-state index is 0.954. The molecule has 1 aliphatic rings. The van der Waals surface area contributed by atoms with Crippen molar-refractivity contribution in [3.8, 4) is 0 Å². The van der Waals surface area contributed by atoms with Gasteiger partial charge < -0.3 is 5.32 Å². The number of hydrogen-bond acceptors (Lipinski definition) is 3. The Labute approximate surface area is 129 Å². The van der Waals surface area contributed by atoms with E-state index in [4.69, 9.17) is 0 Å². The van der Waals surface area contributed by atoms with Gasteiger partial charge in [-0.3, -0.25) is 4.90 Å². The first kappa shape index (κ1) is 15.4. The lowest BCUT2D eigenvalue weighted by atomic mass is 10.1. The molecule has 1 heterocycles. The monoisotopic (exact) mass is 342 g/mol. The van der Waals surface area contributed by atoms with E-state index < -0.39 is 0 Å². The summed E-state index contributed by atoms with van der Waals surface area (Å²) in [6.45, 7) is 7.64. The average molecular weight is 343 g/mol. The van der Waals surface area contributed by atoms with Gasteiger partial charge in [0.25, 0.3) is 0 Å². The van der Waals surface area contributed by atoms with Crippen LogP contribution in [0.3, 0.4) is 0 Å². The van der Waals surface area contributed by atoms with Crippen LogP contribution in [0.1, 0.15) is 24.5 Å². The zero-order valence-corrected chi connectivity index (χ0v) is 14.0. The summed E-state index contributed by atoms with van der Waals surface area (Å²) in [5.74, 6) is 2.59. The van der Waals surface area contributed by atoms with Crippen LogP contribution in [-0.4, -0.2) is 36.0 Å². The van der Waals surface area contributed by atoms with Crippen LogP contribution in [0.5, 0.6) is 0 Å². The molecule has 2 nitrogen and oxygen atoms in total. The van der Waals surface area contributed by atoms with E-state index in [1.54, 1.807) is 0 Å². The summed E-state index contributed by atoms with van der Waals surface area (Å²) in [5, 5.41) is 3.37. The molecule has 19 heavy (non-hydrogen) atoms. The van der Waals surface area contributed by atoms with Crippen LogP contribution < -0.4 is 5.32 Å². The molecule has 4 heteroatoms. The van der Waals surface area contributed by atoms with Gasteiger partial charge in [-0.25, -0.2) is 0 Å². The van der Waals surface area contributed by atoms with E-state index in [2.05, 4.69) is 63.0 Å². The molecule has 0 bridgehead atoms. The van der Waals surface area contributed by atoms with Crippen molar-refractivity contribution in [2.75, 3.05) is 31.1 Å². The maximum absolute atomic E-state index is 3.73. The maximum Gasteiger partial charge on any atom is 0.0245 e. The number of thioether (sulfide) groups is 1. The molecule has 0 unspecified atom stereocenters. The van der Waals surface area contributed by atoms with Crippen LogP contribution in [0.15, 0.2) is 22.7 Å². The second-order valence-electron chi connectivity index (χ2n) is 4.95. The highest BCUT2D eigenvalue weighted by molar-refractivity contribution is 9.10. The van der Waals surface area contributed by atoms with Crippen molar-refractivity contribution in [1.82, 2.24) is 10.2 Å². The van der Waals surface area contributed by atoms with Gasteiger partial charge in [-0.05, 0) is 42.5 Å². The molecule has 2 rings (SSSR count). The first-order valence-electron chi connectivity index (χ1n) is 7.07. The van der Waals surface area contributed by atoms with Gasteiger partial charge >= 0.3 is 0 Å². The summed E-state index contributed by atoms with van der Waals surface area (Å²) >= 11 is 5.81. The van der Waals surface area contributed by atoms with Crippen LogP contribution in [0.4, 0.5) is 0 Å². The smallest absolute Gasteiger partial charge is 0.0245 e. The summed E-state index contributed by atoms with van der Waals surface area (Å²) in [6.07, 6.45) is 1.32. The summed E-state index contributed by atoms with van der Waals surface area (Å²) < 4.78 is 1.25. The SMILES string of the molecule is CCNCc1ccc(CN2CCCSCC2)c(Br)c1. The molecule has 1 N–H and O–H groups in total. The molecule has 1 aromatic rings. The van der Waals surface area contributed by atoms with Crippen molar-refractivity contribution in [3.05, 3.63) is 33.8 Å². The Morgan fingerprint density at radius 2 is 2.21 bits per heavy atom. The molecule has 1 aromatic carbocycles. The second kappa shape index (κ2) is 8.30. The number of benzene rings is 1. The Morgan fingerprint density at radius 3 is 3.00 bits per heavy atom. The summed E-state index contributed by atoms with van der Waals surface area (Å²) in [5.41, 5.74) is 2.76. The molecule has 0 aromatic heterocycles. The third kappa shape index (κ3) is 5.10. The van der Waals surface area contributed by atoms with Gasteiger partial charge in [0, 0.05) is 29.9 Å². The highest BCUT2D eigenvalue weighted by atomic mass is 79.9. The number of hydrogen-bond donors (Lipinski definition) is 1. The predicted octanol–water partition coefficient (Wildman–Crippen LogP) is 3.50. The van der Waals surface area contributed by atoms with Gasteiger partial charge in [-0.15, -0.1) is 0 Å². The van der Waals surface area contributed by atoms with Gasteiger partial charge in [0.15, 0.2) is 0 Å². The van der Waals surface area contributed by atoms with Crippen LogP contribution in [0, 0.1) is 0 Å². The van der Waals surface area contributed by atoms with E-state index in [0.717, 1.165) is 19.6 Å². The standard InChI is InChI=1S/C15H23BrN2S/c1-2-17-11-13-4-5-14(15(16)10-13)12-18-6-3-8-19-9-7-18/h4-5,10,17H,2-3,6-9,11-12H2,1H3. The topological polar surface area (TPSA) is 15.3 Å². The molecule has 106 valence electrons. The van der Waals surface area contributed by atoms with Crippen molar-refractivity contribution in [1.29, 1.82) is 0 Å². The molecule has 1 fully saturated rings. The van der Waals surface area contributed by atoms with Crippen molar-refractivity contribution >= 4 is 27.7 Å². The van der Waals surface area contributed by atoms with E-state index in [0.29, 0.717) is 0 Å². The van der Waals surface area contributed by atoms with E-state index in [1.165, 1.54) is 46.6 Å². The molecule has 1 aliphatic heterocycles. The molecular weight excluding hydrogens is 320 g/mol. The molecule has 0 amide bonds. The van der Waals surface area contributed by atoms with Crippen molar-refractivity contribution in [2.24, 2.45) is 0 Å². The van der Waals surface area contributed by atoms with E-state index in [1.807, 2.05) is 0 Å². The fourth-order valence-electron chi connectivity index (χ4n) is 2.30.